The van der Waals surface area contributed by atoms with Crippen molar-refractivity contribution in [2.75, 3.05) is 0 Å². The molecule has 2 N–H and O–H groups in total. The predicted octanol–water partition coefficient (Wildman–Crippen LogP) is 2.64. The first kappa shape index (κ1) is 12.7. The number of hydrogen-bond donors (Lipinski definition) is 2. The highest BCUT2D eigenvalue weighted by Gasteiger charge is 2.32. The maximum Gasteiger partial charge on any atom is 0.0585 e. The lowest BCUT2D eigenvalue weighted by Crippen LogP contribution is -2.29. The van der Waals surface area contributed by atoms with E-state index in [9.17, 15) is 10.2 Å². The van der Waals surface area contributed by atoms with E-state index in [1.54, 1.807) is 0 Å². The molecule has 0 heterocycles. The summed E-state index contributed by atoms with van der Waals surface area (Å²) >= 11 is 0. The van der Waals surface area contributed by atoms with Crippen molar-refractivity contribution in [1.82, 2.24) is 0 Å². The van der Waals surface area contributed by atoms with Gasteiger partial charge < -0.3 is 10.2 Å². The minimum absolute atomic E-state index is 0.0939. The summed E-state index contributed by atoms with van der Waals surface area (Å²) in [5.41, 5.74) is 2.85. The molecule has 0 bridgehead atoms. The minimum Gasteiger partial charge on any atom is -0.393 e. The van der Waals surface area contributed by atoms with E-state index in [-0.39, 0.29) is 17.6 Å². The second-order valence-corrected chi connectivity index (χ2v) is 5.59. The molecule has 1 rings (SSSR count). The Balaban J connectivity index is 2.77. The summed E-state index contributed by atoms with van der Waals surface area (Å²) in [6.07, 6.45) is 3.02. The molecule has 1 aliphatic rings. The summed E-state index contributed by atoms with van der Waals surface area (Å²) in [6, 6.07) is 0. The second kappa shape index (κ2) is 4.67. The van der Waals surface area contributed by atoms with E-state index in [0.717, 1.165) is 25.7 Å². The summed E-state index contributed by atoms with van der Waals surface area (Å²) in [5.74, 6) is 0. The number of allylic oxidation sites excluding steroid dienone is 1. The van der Waals surface area contributed by atoms with E-state index in [1.165, 1.54) is 11.1 Å². The molecule has 2 atom stereocenters. The van der Waals surface area contributed by atoms with Crippen molar-refractivity contribution in [2.45, 2.75) is 65.6 Å². The van der Waals surface area contributed by atoms with Crippen LogP contribution in [-0.4, -0.2) is 22.4 Å². The molecule has 0 saturated heterocycles. The molecular formula is C13H24O2. The summed E-state index contributed by atoms with van der Waals surface area (Å²) in [4.78, 5) is 0. The van der Waals surface area contributed by atoms with E-state index >= 15 is 0 Å². The van der Waals surface area contributed by atoms with Crippen LogP contribution in [0.25, 0.3) is 0 Å². The van der Waals surface area contributed by atoms with Crippen LogP contribution in [0, 0.1) is 5.41 Å². The Bertz CT molecular complexity index is 251. The van der Waals surface area contributed by atoms with Gasteiger partial charge in [-0.2, -0.15) is 0 Å². The molecule has 0 aliphatic heterocycles. The fraction of sp³-hybridized carbons (Fsp3) is 0.846. The standard InChI is InChI=1S/C13H24O2/c1-9-7-11(15)8-13(3,4)12(9)6-5-10(2)14/h10-11,14-15H,5-8H2,1-4H3/t10-,11+/m1/s1. The van der Waals surface area contributed by atoms with Gasteiger partial charge in [0.2, 0.25) is 0 Å². The zero-order valence-electron chi connectivity index (χ0n) is 10.4. The van der Waals surface area contributed by atoms with Gasteiger partial charge >= 0.3 is 0 Å². The molecule has 0 amide bonds. The van der Waals surface area contributed by atoms with Crippen molar-refractivity contribution < 1.29 is 10.2 Å². The summed E-state index contributed by atoms with van der Waals surface area (Å²) in [5, 5.41) is 19.0. The predicted molar refractivity (Wildman–Crippen MR) is 62.6 cm³/mol. The first-order valence-electron chi connectivity index (χ1n) is 5.88. The molecule has 88 valence electrons. The highest BCUT2D eigenvalue weighted by molar-refractivity contribution is 5.23. The summed E-state index contributed by atoms with van der Waals surface area (Å²) in [6.45, 7) is 8.33. The lowest BCUT2D eigenvalue weighted by molar-refractivity contribution is 0.110. The monoisotopic (exact) mass is 212 g/mol. The van der Waals surface area contributed by atoms with Gasteiger partial charge in [-0.1, -0.05) is 25.0 Å². The van der Waals surface area contributed by atoms with Gasteiger partial charge in [0.25, 0.3) is 0 Å². The molecule has 0 unspecified atom stereocenters. The van der Waals surface area contributed by atoms with Crippen molar-refractivity contribution in [1.29, 1.82) is 0 Å². The molecule has 1 aliphatic carbocycles. The molecule has 0 saturated carbocycles. The zero-order valence-corrected chi connectivity index (χ0v) is 10.4. The second-order valence-electron chi connectivity index (χ2n) is 5.59. The topological polar surface area (TPSA) is 40.5 Å². The molecule has 2 nitrogen and oxygen atoms in total. The van der Waals surface area contributed by atoms with E-state index in [0.29, 0.717) is 0 Å². The van der Waals surface area contributed by atoms with Gasteiger partial charge in [-0.25, -0.2) is 0 Å². The molecule has 0 aromatic heterocycles. The van der Waals surface area contributed by atoms with E-state index in [1.807, 2.05) is 6.92 Å². The Morgan fingerprint density at radius 2 is 2.07 bits per heavy atom. The molecular weight excluding hydrogens is 188 g/mol. The third-order valence-corrected chi connectivity index (χ3v) is 3.43. The van der Waals surface area contributed by atoms with Gasteiger partial charge in [0.1, 0.15) is 0 Å². The van der Waals surface area contributed by atoms with E-state index in [4.69, 9.17) is 0 Å². The Labute approximate surface area is 93.0 Å². The van der Waals surface area contributed by atoms with Gasteiger partial charge in [0.15, 0.2) is 0 Å². The zero-order chi connectivity index (χ0) is 11.6. The molecule has 2 heteroatoms. The Morgan fingerprint density at radius 3 is 2.53 bits per heavy atom. The maximum atomic E-state index is 9.73. The molecule has 15 heavy (non-hydrogen) atoms. The summed E-state index contributed by atoms with van der Waals surface area (Å²) < 4.78 is 0. The minimum atomic E-state index is -0.229. The SMILES string of the molecule is CC1=C(CC[C@@H](C)O)C(C)(C)C[C@@H](O)C1. The normalized spacial score (nSPS) is 28.0. The summed E-state index contributed by atoms with van der Waals surface area (Å²) in [7, 11) is 0. The van der Waals surface area contributed by atoms with E-state index < -0.39 is 0 Å². The third-order valence-electron chi connectivity index (χ3n) is 3.43. The van der Waals surface area contributed by atoms with Gasteiger partial charge in [-0.15, -0.1) is 0 Å². The fourth-order valence-corrected chi connectivity index (χ4v) is 2.74. The average molecular weight is 212 g/mol. The highest BCUT2D eigenvalue weighted by Crippen LogP contribution is 2.42. The Kier molecular flexibility index (Phi) is 3.96. The van der Waals surface area contributed by atoms with Crippen LogP contribution in [0.3, 0.4) is 0 Å². The molecule has 0 aromatic carbocycles. The number of aliphatic hydroxyl groups is 2. The van der Waals surface area contributed by atoms with Gasteiger partial charge in [0, 0.05) is 0 Å². The molecule has 0 fully saturated rings. The van der Waals surface area contributed by atoms with Crippen LogP contribution in [0.15, 0.2) is 11.1 Å². The van der Waals surface area contributed by atoms with Crippen molar-refractivity contribution in [3.05, 3.63) is 11.1 Å². The van der Waals surface area contributed by atoms with Crippen molar-refractivity contribution in [3.8, 4) is 0 Å². The number of rotatable bonds is 3. The Morgan fingerprint density at radius 1 is 1.47 bits per heavy atom. The van der Waals surface area contributed by atoms with Crippen LogP contribution in [0.2, 0.25) is 0 Å². The van der Waals surface area contributed by atoms with Crippen LogP contribution in [-0.2, 0) is 0 Å². The number of hydrogen-bond acceptors (Lipinski definition) is 2. The van der Waals surface area contributed by atoms with Crippen LogP contribution in [0.4, 0.5) is 0 Å². The fourth-order valence-electron chi connectivity index (χ4n) is 2.74. The van der Waals surface area contributed by atoms with Crippen LogP contribution < -0.4 is 0 Å². The lowest BCUT2D eigenvalue weighted by atomic mass is 9.70. The molecule has 0 aromatic rings. The van der Waals surface area contributed by atoms with Crippen molar-refractivity contribution in [3.63, 3.8) is 0 Å². The average Bonchev–Trinajstić information content (AvgIpc) is 1.98. The third kappa shape index (κ3) is 3.32. The lowest BCUT2D eigenvalue weighted by Gasteiger charge is -2.37. The van der Waals surface area contributed by atoms with E-state index in [2.05, 4.69) is 20.8 Å². The van der Waals surface area contributed by atoms with Crippen LogP contribution >= 0.6 is 0 Å². The molecule has 0 spiro atoms. The molecule has 0 radical (unpaired) electrons. The van der Waals surface area contributed by atoms with Gasteiger partial charge in [0.05, 0.1) is 12.2 Å². The van der Waals surface area contributed by atoms with Crippen molar-refractivity contribution in [2.24, 2.45) is 5.41 Å². The smallest absolute Gasteiger partial charge is 0.0585 e. The van der Waals surface area contributed by atoms with Gasteiger partial charge in [-0.3, -0.25) is 0 Å². The first-order valence-corrected chi connectivity index (χ1v) is 5.88. The van der Waals surface area contributed by atoms with Crippen LogP contribution in [0.5, 0.6) is 0 Å². The van der Waals surface area contributed by atoms with Crippen molar-refractivity contribution >= 4 is 0 Å². The van der Waals surface area contributed by atoms with Crippen LogP contribution in [0.1, 0.15) is 53.4 Å². The number of aliphatic hydroxyl groups excluding tert-OH is 2. The first-order chi connectivity index (χ1) is 6.83. The highest BCUT2D eigenvalue weighted by atomic mass is 16.3. The van der Waals surface area contributed by atoms with Gasteiger partial charge in [-0.05, 0) is 44.9 Å². The largest absolute Gasteiger partial charge is 0.393 e. The Hall–Kier alpha value is -0.340. The quantitative estimate of drug-likeness (QED) is 0.706. The maximum absolute atomic E-state index is 9.73.